The molecule has 3 saturated heterocycles. The van der Waals surface area contributed by atoms with Crippen molar-refractivity contribution in [3.8, 4) is 11.3 Å². The number of amides is 4. The summed E-state index contributed by atoms with van der Waals surface area (Å²) in [5.74, 6) is 0.895. The molecule has 3 fully saturated rings. The molecule has 76 heavy (non-hydrogen) atoms. The Morgan fingerprint density at radius 1 is 0.816 bits per heavy atom. The molecule has 4 amide bonds. The number of carbonyl (C=O) groups is 2. The molecule has 0 radical (unpaired) electrons. The second-order valence-electron chi connectivity index (χ2n) is 21.9. The molecule has 0 atom stereocenters. The number of ether oxygens (including phenoxy) is 2. The van der Waals surface area contributed by atoms with Gasteiger partial charge in [-0.25, -0.2) is 29.5 Å². The van der Waals surface area contributed by atoms with Crippen molar-refractivity contribution in [1.82, 2.24) is 50.1 Å². The monoisotopic (exact) mass is 1060 g/mol. The van der Waals surface area contributed by atoms with Gasteiger partial charge in [0.15, 0.2) is 0 Å². The molecule has 8 rings (SSSR count). The number of carbonyl (C=O) groups excluding carboxylic acids is 2. The van der Waals surface area contributed by atoms with E-state index in [1.807, 2.05) is 99.0 Å². The maximum absolute atomic E-state index is 12.4. The lowest BCUT2D eigenvalue weighted by Gasteiger charge is -2.41. The lowest BCUT2D eigenvalue weighted by Crippen LogP contribution is -2.59. The largest absolute Gasteiger partial charge is 0.494 e. The number of allylic oxidation sites excluding steroid dienone is 1. The minimum absolute atomic E-state index is 0.0480. The summed E-state index contributed by atoms with van der Waals surface area (Å²) in [6.45, 7) is 27.9. The first-order valence-corrected chi connectivity index (χ1v) is 25.7. The highest BCUT2D eigenvalue weighted by Gasteiger charge is 2.51. The number of nitrogens with two attached hydrogens (primary N) is 1. The number of aromatic nitrogens is 6. The first-order chi connectivity index (χ1) is 35.7. The van der Waals surface area contributed by atoms with Crippen LogP contribution in [0, 0.1) is 13.8 Å². The van der Waals surface area contributed by atoms with Crippen molar-refractivity contribution < 1.29 is 28.4 Å². The molecular formula is C54H76BClN14O6. The van der Waals surface area contributed by atoms with Crippen molar-refractivity contribution in [3.05, 3.63) is 113 Å². The van der Waals surface area contributed by atoms with Gasteiger partial charge in [0, 0.05) is 63.8 Å². The van der Waals surface area contributed by atoms with E-state index in [2.05, 4.69) is 91.1 Å². The van der Waals surface area contributed by atoms with Gasteiger partial charge in [0.25, 0.3) is 0 Å². The quantitative estimate of drug-likeness (QED) is 0.0433. The van der Waals surface area contributed by atoms with Crippen LogP contribution in [0.4, 0.5) is 27.2 Å². The molecule has 20 nitrogen and oxygen atoms in total. The van der Waals surface area contributed by atoms with E-state index < -0.39 is 0 Å². The predicted octanol–water partition coefficient (Wildman–Crippen LogP) is 7.68. The fourth-order valence-corrected chi connectivity index (χ4v) is 8.13. The zero-order chi connectivity index (χ0) is 55.6. The molecule has 22 heteroatoms. The molecule has 0 spiro atoms. The number of hydrogen-bond acceptors (Lipinski definition) is 15. The first-order valence-electron chi connectivity index (χ1n) is 25.3. The zero-order valence-corrected chi connectivity index (χ0v) is 47.2. The number of hydrogen-bond donors (Lipinski definition) is 5. The molecule has 0 aliphatic carbocycles. The highest BCUT2D eigenvalue weighted by atomic mass is 35.5. The fourth-order valence-electron chi connectivity index (χ4n) is 8.00. The van der Waals surface area contributed by atoms with E-state index in [4.69, 9.17) is 36.1 Å². The van der Waals surface area contributed by atoms with Gasteiger partial charge in [0.05, 0.1) is 84.1 Å². The normalized spacial score (nSPS) is 16.5. The Kier molecular flexibility index (Phi) is 19.3. The molecule has 3 aliphatic heterocycles. The molecule has 3 aromatic heterocycles. The van der Waals surface area contributed by atoms with Crippen molar-refractivity contribution in [2.24, 2.45) is 17.8 Å². The molecule has 3 aliphatic rings. The second kappa shape index (κ2) is 25.0. The number of halogens is 1. The zero-order valence-electron chi connectivity index (χ0n) is 46.5. The summed E-state index contributed by atoms with van der Waals surface area (Å²) >= 11 is 5.70. The second-order valence-corrected chi connectivity index (χ2v) is 22.3. The van der Waals surface area contributed by atoms with Gasteiger partial charge in [0.2, 0.25) is 11.9 Å². The maximum Gasteiger partial charge on any atom is 0.494 e. The Labute approximate surface area is 453 Å². The molecule has 0 bridgehead atoms. The Morgan fingerprint density at radius 2 is 1.36 bits per heavy atom. The lowest BCUT2D eigenvalue weighted by molar-refractivity contribution is -0.111. The Bertz CT molecular complexity index is 2820. The van der Waals surface area contributed by atoms with Crippen LogP contribution < -0.4 is 32.5 Å². The van der Waals surface area contributed by atoms with Gasteiger partial charge < -0.3 is 55.6 Å². The summed E-state index contributed by atoms with van der Waals surface area (Å²) in [5, 5.41) is 16.4. The maximum atomic E-state index is 12.4. The van der Waals surface area contributed by atoms with Crippen LogP contribution in [0.25, 0.3) is 11.3 Å². The SMILES string of the molecule is CN=CC(=CN)Nc1nccc(-c2ccc(CNC(=O)N3CC(OC(C)(C)C)C3)c(C)c2)n1.Cc1cc(B2OC(C)(C)C(C)(C)O2)ccc1CNC(=O)N1CC(OC(C)(C)C)C1.Cn1cc(Nc2nccc(Cl)n2)cn1. The van der Waals surface area contributed by atoms with Crippen LogP contribution in [0.15, 0.2) is 90.2 Å². The third-order valence-electron chi connectivity index (χ3n) is 12.6. The van der Waals surface area contributed by atoms with Gasteiger partial charge in [-0.1, -0.05) is 41.9 Å². The minimum atomic E-state index is -0.372. The van der Waals surface area contributed by atoms with Crippen molar-refractivity contribution in [3.63, 3.8) is 0 Å². The summed E-state index contributed by atoms with van der Waals surface area (Å²) in [5.41, 5.74) is 13.0. The molecule has 2 aromatic carbocycles. The lowest BCUT2D eigenvalue weighted by atomic mass is 9.78. The molecule has 408 valence electrons. The molecule has 5 aromatic rings. The number of anilines is 3. The Balaban J connectivity index is 0.000000199. The van der Waals surface area contributed by atoms with E-state index in [9.17, 15) is 9.59 Å². The first kappa shape index (κ1) is 58.6. The summed E-state index contributed by atoms with van der Waals surface area (Å²) in [4.78, 5) is 49.1. The van der Waals surface area contributed by atoms with Crippen LogP contribution in [0.1, 0.15) is 91.5 Å². The van der Waals surface area contributed by atoms with Gasteiger partial charge in [-0.2, -0.15) is 5.10 Å². The van der Waals surface area contributed by atoms with Crippen LogP contribution in [-0.4, -0.2) is 133 Å². The molecule has 0 saturated carbocycles. The molecular weight excluding hydrogens is 987 g/mol. The molecule has 6 heterocycles. The van der Waals surface area contributed by atoms with Gasteiger partial charge in [-0.15, -0.1) is 0 Å². The number of benzene rings is 2. The third-order valence-corrected chi connectivity index (χ3v) is 12.9. The Morgan fingerprint density at radius 3 is 1.84 bits per heavy atom. The van der Waals surface area contributed by atoms with Gasteiger partial charge in [-0.3, -0.25) is 9.67 Å². The van der Waals surface area contributed by atoms with E-state index in [-0.39, 0.29) is 53.8 Å². The van der Waals surface area contributed by atoms with Crippen molar-refractivity contribution in [1.29, 1.82) is 0 Å². The van der Waals surface area contributed by atoms with Crippen molar-refractivity contribution >= 4 is 60.0 Å². The van der Waals surface area contributed by atoms with Gasteiger partial charge in [-0.05, 0) is 129 Å². The number of nitrogens with one attached hydrogen (secondary N) is 4. The van der Waals surface area contributed by atoms with Crippen LogP contribution in [0.2, 0.25) is 5.15 Å². The average molecular weight is 1060 g/mol. The summed E-state index contributed by atoms with van der Waals surface area (Å²) < 4.78 is 25.7. The van der Waals surface area contributed by atoms with Crippen molar-refractivity contribution in [2.45, 2.75) is 131 Å². The summed E-state index contributed by atoms with van der Waals surface area (Å²) in [6.07, 6.45) is 10.0. The standard InChI is InChI=1S/C24H33N7O2.C22H35BN2O4.C8H8ClN5/c1-16-10-17(21-8-9-27-22(30-21)29-19(11-25)13-26-5)6-7-18(16)12-28-23(32)31-14-20(15-31)33-24(2,3)4;1-15-11-17(23-28-21(5,6)22(7,8)29-23)10-9-16(15)12-24-19(26)25-13-18(14-25)27-20(2,3)4;1-14-5-6(4-11-14)12-8-10-3-2-7(9)13-8/h6-11,13,20H,12,14-15,25H2,1-5H3,(H,28,32)(H,27,29,30);9-11,18H,12-14H2,1-8H3,(H,24,26);2-5H,1H3,(H,10,12,13). The van der Waals surface area contributed by atoms with Crippen LogP contribution in [0.3, 0.4) is 0 Å². The van der Waals surface area contributed by atoms with E-state index in [0.29, 0.717) is 62.0 Å². The van der Waals surface area contributed by atoms with E-state index >= 15 is 0 Å². The number of urea groups is 2. The van der Waals surface area contributed by atoms with Gasteiger partial charge in [0.1, 0.15) is 5.15 Å². The predicted molar refractivity (Wildman–Crippen MR) is 300 cm³/mol. The minimum Gasteiger partial charge on any atom is -0.403 e. The summed E-state index contributed by atoms with van der Waals surface area (Å²) in [7, 11) is 3.13. The number of aliphatic imine (C=N–C) groups is 1. The van der Waals surface area contributed by atoms with E-state index in [1.165, 1.54) is 6.20 Å². The highest BCUT2D eigenvalue weighted by molar-refractivity contribution is 6.62. The van der Waals surface area contributed by atoms with Crippen LogP contribution in [0.5, 0.6) is 0 Å². The Hall–Kier alpha value is -6.65. The van der Waals surface area contributed by atoms with Crippen LogP contribution >= 0.6 is 11.6 Å². The van der Waals surface area contributed by atoms with Crippen LogP contribution in [-0.2, 0) is 38.9 Å². The average Bonchev–Trinajstić information content (AvgIpc) is 3.82. The van der Waals surface area contributed by atoms with E-state index in [1.54, 1.807) is 52.4 Å². The number of rotatable bonds is 13. The number of likely N-dealkylation sites (tertiary alicyclic amines) is 2. The van der Waals surface area contributed by atoms with Crippen molar-refractivity contribution in [2.75, 3.05) is 43.9 Å². The molecule has 6 N–H and O–H groups in total. The number of aryl methyl sites for hydroxylation is 3. The smallest absolute Gasteiger partial charge is 0.403 e. The fraction of sp³-hybridized carbons (Fsp3) is 0.481. The summed E-state index contributed by atoms with van der Waals surface area (Å²) in [6, 6.07) is 15.5. The topological polar surface area (TPSA) is 233 Å². The highest BCUT2D eigenvalue weighted by Crippen LogP contribution is 2.36. The third kappa shape index (κ3) is 16.9. The molecule has 0 unspecified atom stereocenters. The van der Waals surface area contributed by atoms with Gasteiger partial charge >= 0.3 is 19.2 Å². The van der Waals surface area contributed by atoms with E-state index in [0.717, 1.165) is 44.7 Å². The number of nitrogens with zero attached hydrogens (tertiary/aromatic N) is 9.